The molecule has 0 aliphatic carbocycles. The number of thiocarbonyl (C=S) groups is 1. The van der Waals surface area contributed by atoms with E-state index in [9.17, 15) is 9.59 Å². The summed E-state index contributed by atoms with van der Waals surface area (Å²) in [4.78, 5) is 33.3. The first-order valence-corrected chi connectivity index (χ1v) is 12.6. The summed E-state index contributed by atoms with van der Waals surface area (Å²) in [5.74, 6) is -0.590. The molecular weight excluding hydrogens is 483 g/mol. The number of hydrogen-bond acceptors (Lipinski definition) is 6. The maximum Gasteiger partial charge on any atom is 0.266 e. The molecule has 2 heterocycles. The van der Waals surface area contributed by atoms with E-state index in [0.717, 1.165) is 21.3 Å². The Labute approximate surface area is 210 Å². The molecule has 0 unspecified atom stereocenters. The lowest BCUT2D eigenvalue weighted by molar-refractivity contribution is -0.123. The average Bonchev–Trinajstić information content (AvgIpc) is 3.39. The minimum atomic E-state index is -0.344. The summed E-state index contributed by atoms with van der Waals surface area (Å²) in [6.45, 7) is 0.368. The Balaban J connectivity index is 1.47. The van der Waals surface area contributed by atoms with Crippen LogP contribution in [0.2, 0.25) is 0 Å². The predicted molar refractivity (Wildman–Crippen MR) is 143 cm³/mol. The van der Waals surface area contributed by atoms with Crippen LogP contribution in [-0.2, 0) is 22.6 Å². The van der Waals surface area contributed by atoms with Crippen LogP contribution in [-0.4, -0.2) is 26.0 Å². The van der Waals surface area contributed by atoms with Crippen LogP contribution >= 0.6 is 35.3 Å². The van der Waals surface area contributed by atoms with Crippen LogP contribution in [0.4, 0.5) is 5.13 Å². The fourth-order valence-electron chi connectivity index (χ4n) is 3.65. The summed E-state index contributed by atoms with van der Waals surface area (Å²) in [7, 11) is 0. The monoisotopic (exact) mass is 501 g/mol. The first-order valence-electron chi connectivity index (χ1n) is 10.6. The molecule has 0 spiro atoms. The van der Waals surface area contributed by atoms with Crippen LogP contribution in [0.3, 0.4) is 0 Å². The molecule has 1 fully saturated rings. The molecule has 0 bridgehead atoms. The van der Waals surface area contributed by atoms with Crippen molar-refractivity contribution in [1.82, 2.24) is 9.88 Å². The molecule has 1 aliphatic rings. The molecule has 5 nitrogen and oxygen atoms in total. The SMILES string of the molecule is O=C(Nc1nc2ccccc2s1)/C(Cc1ccccc1)=C1/SC(=S)N(Cc2ccccc2)C1=O. The van der Waals surface area contributed by atoms with Crippen molar-refractivity contribution < 1.29 is 9.59 Å². The van der Waals surface area contributed by atoms with E-state index in [2.05, 4.69) is 10.3 Å². The number of fused-ring (bicyclic) bond motifs is 1. The maximum atomic E-state index is 13.5. The van der Waals surface area contributed by atoms with Crippen LogP contribution in [0, 0.1) is 0 Å². The summed E-state index contributed by atoms with van der Waals surface area (Å²) < 4.78 is 1.43. The number of amides is 2. The average molecular weight is 502 g/mol. The summed E-state index contributed by atoms with van der Waals surface area (Å²) in [6.07, 6.45) is 0.313. The van der Waals surface area contributed by atoms with E-state index in [-0.39, 0.29) is 11.8 Å². The summed E-state index contributed by atoms with van der Waals surface area (Å²) in [6, 6.07) is 27.0. The van der Waals surface area contributed by atoms with E-state index in [1.165, 1.54) is 23.1 Å². The highest BCUT2D eigenvalue weighted by molar-refractivity contribution is 8.26. The molecule has 8 heteroatoms. The van der Waals surface area contributed by atoms with Gasteiger partial charge in [-0.2, -0.15) is 0 Å². The van der Waals surface area contributed by atoms with Gasteiger partial charge in [-0.15, -0.1) is 0 Å². The zero-order valence-electron chi connectivity index (χ0n) is 17.9. The zero-order valence-corrected chi connectivity index (χ0v) is 20.4. The summed E-state index contributed by atoms with van der Waals surface area (Å²) >= 11 is 8.11. The molecular formula is C26H19N3O2S3. The molecule has 4 aromatic rings. The highest BCUT2D eigenvalue weighted by atomic mass is 32.2. The maximum absolute atomic E-state index is 13.5. The molecule has 5 rings (SSSR count). The van der Waals surface area contributed by atoms with Crippen molar-refractivity contribution in [3.05, 3.63) is 107 Å². The lowest BCUT2D eigenvalue weighted by Gasteiger charge is -2.15. The fourth-order valence-corrected chi connectivity index (χ4v) is 5.82. The Hall–Kier alpha value is -3.33. The van der Waals surface area contributed by atoms with E-state index < -0.39 is 0 Å². The predicted octanol–water partition coefficient (Wildman–Crippen LogP) is 5.79. The number of nitrogens with zero attached hydrogens (tertiary/aromatic N) is 2. The fraction of sp³-hybridized carbons (Fsp3) is 0.0769. The van der Waals surface area contributed by atoms with Crippen molar-refractivity contribution in [3.8, 4) is 0 Å². The summed E-state index contributed by atoms with van der Waals surface area (Å²) in [5, 5.41) is 3.41. The van der Waals surface area contributed by atoms with E-state index in [1.54, 1.807) is 4.90 Å². The number of para-hydroxylation sites is 1. The number of nitrogens with one attached hydrogen (secondary N) is 1. The minimum absolute atomic E-state index is 0.246. The van der Waals surface area contributed by atoms with Crippen LogP contribution in [0.15, 0.2) is 95.4 Å². The lowest BCUT2D eigenvalue weighted by Crippen LogP contribution is -2.28. The highest BCUT2D eigenvalue weighted by Crippen LogP contribution is 2.36. The summed E-state index contributed by atoms with van der Waals surface area (Å²) in [5.41, 5.74) is 3.12. The Kier molecular flexibility index (Phi) is 6.53. The van der Waals surface area contributed by atoms with Gasteiger partial charge in [0.2, 0.25) is 0 Å². The van der Waals surface area contributed by atoms with Crippen LogP contribution < -0.4 is 5.32 Å². The highest BCUT2D eigenvalue weighted by Gasteiger charge is 2.36. The zero-order chi connectivity index (χ0) is 23.5. The molecule has 0 radical (unpaired) electrons. The van der Waals surface area contributed by atoms with E-state index >= 15 is 0 Å². The van der Waals surface area contributed by atoms with Gasteiger partial charge in [0.1, 0.15) is 4.32 Å². The second-order valence-corrected chi connectivity index (χ2v) is 10.3. The van der Waals surface area contributed by atoms with E-state index in [1.807, 2.05) is 84.9 Å². The Morgan fingerprint density at radius 2 is 1.56 bits per heavy atom. The number of carbonyl (C=O) groups excluding carboxylic acids is 2. The smallest absolute Gasteiger partial charge is 0.266 e. The lowest BCUT2D eigenvalue weighted by atomic mass is 10.0. The number of aromatic nitrogens is 1. The molecule has 0 atom stereocenters. The molecule has 1 aliphatic heterocycles. The number of benzene rings is 3. The largest absolute Gasteiger partial charge is 0.298 e. The molecule has 0 saturated carbocycles. The standard InChI is InChI=1S/C26H19N3O2S3/c30-23(28-25-27-20-13-7-8-14-21(20)33-25)19(15-17-9-3-1-4-10-17)22-24(31)29(26(32)34-22)16-18-11-5-2-6-12-18/h1-14H,15-16H2,(H,27,28,30)/b22-19+. The van der Waals surface area contributed by atoms with Gasteiger partial charge < -0.3 is 0 Å². The van der Waals surface area contributed by atoms with Gasteiger partial charge >= 0.3 is 0 Å². The normalized spacial score (nSPS) is 15.1. The van der Waals surface area contributed by atoms with Crippen molar-refractivity contribution in [3.63, 3.8) is 0 Å². The number of rotatable bonds is 6. The number of carbonyl (C=O) groups is 2. The molecule has 1 aromatic heterocycles. The Bertz CT molecular complexity index is 1380. The van der Waals surface area contributed by atoms with Crippen molar-refractivity contribution in [2.45, 2.75) is 13.0 Å². The third-order valence-electron chi connectivity index (χ3n) is 5.32. The second-order valence-electron chi connectivity index (χ2n) is 7.66. The molecule has 1 N–H and O–H groups in total. The molecule has 168 valence electrons. The number of hydrogen-bond donors (Lipinski definition) is 1. The molecule has 3 aromatic carbocycles. The van der Waals surface area contributed by atoms with Gasteiger partial charge in [0, 0.05) is 12.0 Å². The van der Waals surface area contributed by atoms with Crippen LogP contribution in [0.5, 0.6) is 0 Å². The van der Waals surface area contributed by atoms with Gasteiger partial charge in [0.15, 0.2) is 5.13 Å². The quantitative estimate of drug-likeness (QED) is 0.268. The number of thiazole rings is 1. The van der Waals surface area contributed by atoms with Crippen molar-refractivity contribution >= 4 is 66.8 Å². The topological polar surface area (TPSA) is 62.3 Å². The van der Waals surface area contributed by atoms with Gasteiger partial charge in [-0.1, -0.05) is 108 Å². The van der Waals surface area contributed by atoms with Crippen LogP contribution in [0.1, 0.15) is 11.1 Å². The first-order chi connectivity index (χ1) is 16.6. The first kappa shape index (κ1) is 22.5. The van der Waals surface area contributed by atoms with Gasteiger partial charge in [-0.3, -0.25) is 19.8 Å². The van der Waals surface area contributed by atoms with E-state index in [0.29, 0.717) is 32.9 Å². The van der Waals surface area contributed by atoms with Crippen molar-refractivity contribution in [2.24, 2.45) is 0 Å². The van der Waals surface area contributed by atoms with Crippen LogP contribution in [0.25, 0.3) is 10.2 Å². The second kappa shape index (κ2) is 9.89. The number of thioether (sulfide) groups is 1. The third-order valence-corrected chi connectivity index (χ3v) is 7.76. The molecule has 2 amide bonds. The van der Waals surface area contributed by atoms with E-state index in [4.69, 9.17) is 12.2 Å². The molecule has 34 heavy (non-hydrogen) atoms. The molecule has 1 saturated heterocycles. The number of anilines is 1. The Morgan fingerprint density at radius 1 is 0.912 bits per heavy atom. The van der Waals surface area contributed by atoms with Gasteiger partial charge in [-0.05, 0) is 23.3 Å². The Morgan fingerprint density at radius 3 is 2.26 bits per heavy atom. The van der Waals surface area contributed by atoms with Gasteiger partial charge in [0.25, 0.3) is 11.8 Å². The van der Waals surface area contributed by atoms with Crippen molar-refractivity contribution in [1.29, 1.82) is 0 Å². The minimum Gasteiger partial charge on any atom is -0.298 e. The van der Waals surface area contributed by atoms with Gasteiger partial charge in [0.05, 0.1) is 21.7 Å². The van der Waals surface area contributed by atoms with Gasteiger partial charge in [-0.25, -0.2) is 4.98 Å². The third kappa shape index (κ3) is 4.79. The van der Waals surface area contributed by atoms with Crippen molar-refractivity contribution in [2.75, 3.05) is 5.32 Å².